The molecule has 7 nitrogen and oxygen atoms in total. The van der Waals surface area contributed by atoms with E-state index < -0.39 is 12.1 Å². The van der Waals surface area contributed by atoms with E-state index in [1.807, 2.05) is 35.3 Å². The van der Waals surface area contributed by atoms with Crippen LogP contribution in [0.25, 0.3) is 10.1 Å². The maximum atomic E-state index is 13.0. The summed E-state index contributed by atoms with van der Waals surface area (Å²) in [5.41, 5.74) is 5.44. The minimum absolute atomic E-state index is 0.0754. The molecule has 1 unspecified atom stereocenters. The smallest absolute Gasteiger partial charge is 0.408 e. The number of hydrogen-bond acceptors (Lipinski definition) is 6. The number of anilines is 1. The first kappa shape index (κ1) is 35.3. The van der Waals surface area contributed by atoms with Gasteiger partial charge in [-0.05, 0) is 78.9 Å². The van der Waals surface area contributed by atoms with E-state index in [2.05, 4.69) is 59.6 Å². The van der Waals surface area contributed by atoms with Gasteiger partial charge in [0, 0.05) is 24.2 Å². The van der Waals surface area contributed by atoms with Gasteiger partial charge >= 0.3 is 6.09 Å². The van der Waals surface area contributed by atoms with Crippen molar-refractivity contribution in [3.63, 3.8) is 0 Å². The Kier molecular flexibility index (Phi) is 16.6. The maximum absolute atomic E-state index is 13.0. The number of thiophene rings is 1. The third kappa shape index (κ3) is 13.2. The lowest BCUT2D eigenvalue weighted by Gasteiger charge is -2.27. The van der Waals surface area contributed by atoms with E-state index >= 15 is 0 Å². The summed E-state index contributed by atoms with van der Waals surface area (Å²) in [6, 6.07) is 17.5. The van der Waals surface area contributed by atoms with Crippen molar-refractivity contribution in [1.82, 2.24) is 15.6 Å². The van der Waals surface area contributed by atoms with Crippen LogP contribution in [-0.4, -0.2) is 41.1 Å². The van der Waals surface area contributed by atoms with Crippen LogP contribution in [0.5, 0.6) is 0 Å². The van der Waals surface area contributed by atoms with E-state index in [9.17, 15) is 9.59 Å². The first-order valence-corrected chi connectivity index (χ1v) is 17.6. The number of thiocarbonyl (C=S) groups is 1. The zero-order valence-corrected chi connectivity index (χ0v) is 28.1. The van der Waals surface area contributed by atoms with Gasteiger partial charge in [0.1, 0.15) is 6.61 Å². The Morgan fingerprint density at radius 3 is 2.45 bits per heavy atom. The normalized spacial score (nSPS) is 11.6. The molecule has 1 amide bonds. The third-order valence-corrected chi connectivity index (χ3v) is 8.81. The van der Waals surface area contributed by atoms with Crippen molar-refractivity contribution in [2.24, 2.45) is 0 Å². The zero-order valence-electron chi connectivity index (χ0n) is 26.4. The molecule has 0 aliphatic carbocycles. The Hall–Kier alpha value is -3.17. The van der Waals surface area contributed by atoms with Crippen LogP contribution < -0.4 is 16.1 Å². The molecule has 0 aliphatic heterocycles. The standard InChI is InChI=1S/C35H50N4O3S2/c1-3-5-7-12-19-32(40)31(37-35(41)42-27-28-16-10-9-11-17-28)18-13-14-23-36-34(43)39(24-15-8-6-4-2)38-30-21-20-29-22-25-44-33(29)26-30/h9-11,16-17,20-22,25-26,31,38H,3-8,12-15,18-19,23-24,27H2,1-2H3,(H,36,43)(H,37,41). The number of ketones is 1. The number of carbonyl (C=O) groups is 2. The average molecular weight is 639 g/mol. The van der Waals surface area contributed by atoms with Crippen molar-refractivity contribution >= 4 is 56.3 Å². The van der Waals surface area contributed by atoms with Gasteiger partial charge in [-0.15, -0.1) is 11.3 Å². The number of rotatable bonds is 21. The van der Waals surface area contributed by atoms with Crippen LogP contribution in [0, 0.1) is 0 Å². The highest BCUT2D eigenvalue weighted by Gasteiger charge is 2.21. The van der Waals surface area contributed by atoms with Crippen molar-refractivity contribution in [3.8, 4) is 0 Å². The van der Waals surface area contributed by atoms with Gasteiger partial charge < -0.3 is 15.4 Å². The SMILES string of the molecule is CCCCCCC(=O)C(CCCCNC(=S)N(CCCCCC)Nc1ccc2ccsc2c1)NC(=O)OCc1ccccc1. The minimum Gasteiger partial charge on any atom is -0.445 e. The molecule has 9 heteroatoms. The molecule has 0 saturated carbocycles. The van der Waals surface area contributed by atoms with Gasteiger partial charge in [-0.1, -0.05) is 88.8 Å². The molecule has 1 heterocycles. The van der Waals surface area contributed by atoms with Crippen molar-refractivity contribution in [1.29, 1.82) is 0 Å². The Labute approximate surface area is 273 Å². The minimum atomic E-state index is -0.550. The van der Waals surface area contributed by atoms with E-state index in [-0.39, 0.29) is 12.4 Å². The number of Topliss-reactive ketones (excluding diaryl/α,β-unsaturated/α-hetero) is 1. The van der Waals surface area contributed by atoms with Crippen molar-refractivity contribution < 1.29 is 14.3 Å². The number of amides is 1. The predicted molar refractivity (Wildman–Crippen MR) is 188 cm³/mol. The van der Waals surface area contributed by atoms with Gasteiger partial charge in [-0.25, -0.2) is 4.79 Å². The van der Waals surface area contributed by atoms with Crippen LogP contribution in [0.1, 0.15) is 96.5 Å². The van der Waals surface area contributed by atoms with E-state index in [1.165, 1.54) is 22.9 Å². The van der Waals surface area contributed by atoms with Crippen LogP contribution in [0.4, 0.5) is 10.5 Å². The Bertz CT molecular complexity index is 1270. The van der Waals surface area contributed by atoms with Crippen molar-refractivity contribution in [2.75, 3.05) is 18.5 Å². The van der Waals surface area contributed by atoms with Crippen molar-refractivity contribution in [2.45, 2.75) is 104 Å². The molecule has 0 bridgehead atoms. The number of unbranched alkanes of at least 4 members (excludes halogenated alkanes) is 7. The zero-order chi connectivity index (χ0) is 31.4. The number of benzene rings is 2. The quantitative estimate of drug-likeness (QED) is 0.0610. The molecule has 0 aliphatic rings. The Morgan fingerprint density at radius 1 is 0.909 bits per heavy atom. The number of hydrazine groups is 1. The number of carbonyl (C=O) groups excluding carboxylic acids is 2. The van der Waals surface area contributed by atoms with Crippen LogP contribution in [0.15, 0.2) is 60.0 Å². The van der Waals surface area contributed by atoms with Gasteiger partial charge in [-0.3, -0.25) is 15.2 Å². The first-order valence-electron chi connectivity index (χ1n) is 16.3. The van der Waals surface area contributed by atoms with Gasteiger partial charge in [0.25, 0.3) is 0 Å². The van der Waals surface area contributed by atoms with Gasteiger partial charge in [0.2, 0.25) is 0 Å². The molecule has 0 spiro atoms. The lowest BCUT2D eigenvalue weighted by Crippen LogP contribution is -2.44. The topological polar surface area (TPSA) is 82.7 Å². The van der Waals surface area contributed by atoms with E-state index in [1.54, 1.807) is 11.3 Å². The number of ether oxygens (including phenoxy) is 1. The second-order valence-electron chi connectivity index (χ2n) is 11.3. The summed E-state index contributed by atoms with van der Waals surface area (Å²) < 4.78 is 6.65. The fraction of sp³-hybridized carbons (Fsp3) is 0.514. The fourth-order valence-electron chi connectivity index (χ4n) is 4.97. The largest absolute Gasteiger partial charge is 0.445 e. The van der Waals surface area contributed by atoms with Crippen LogP contribution in [0.2, 0.25) is 0 Å². The van der Waals surface area contributed by atoms with Gasteiger partial charge in [0.15, 0.2) is 10.9 Å². The summed E-state index contributed by atoms with van der Waals surface area (Å²) in [5, 5.41) is 12.3. The maximum Gasteiger partial charge on any atom is 0.408 e. The number of hydrogen-bond donors (Lipinski definition) is 3. The summed E-state index contributed by atoms with van der Waals surface area (Å²) in [5.74, 6) is 0.0754. The van der Waals surface area contributed by atoms with Crippen molar-refractivity contribution in [3.05, 3.63) is 65.5 Å². The lowest BCUT2D eigenvalue weighted by molar-refractivity contribution is -0.121. The molecule has 1 aromatic heterocycles. The number of fused-ring (bicyclic) bond motifs is 1. The molecule has 2 aromatic carbocycles. The Morgan fingerprint density at radius 2 is 1.68 bits per heavy atom. The summed E-state index contributed by atoms with van der Waals surface area (Å²) in [4.78, 5) is 25.6. The molecule has 0 radical (unpaired) electrons. The molecule has 3 rings (SSSR count). The summed E-state index contributed by atoms with van der Waals surface area (Å²) in [7, 11) is 0. The Balaban J connectivity index is 1.48. The predicted octanol–water partition coefficient (Wildman–Crippen LogP) is 8.99. The van der Waals surface area contributed by atoms with Crippen LogP contribution in [-0.2, 0) is 16.1 Å². The molecule has 0 saturated heterocycles. The first-order chi connectivity index (χ1) is 21.5. The molecule has 3 aromatic rings. The van der Waals surface area contributed by atoms with Gasteiger partial charge in [-0.2, -0.15) is 0 Å². The van der Waals surface area contributed by atoms with Crippen LogP contribution in [0.3, 0.4) is 0 Å². The monoisotopic (exact) mass is 638 g/mol. The molecule has 3 N–H and O–H groups in total. The number of nitrogens with zero attached hydrogens (tertiary/aromatic N) is 1. The molecule has 240 valence electrons. The molecular weight excluding hydrogens is 589 g/mol. The highest BCUT2D eigenvalue weighted by molar-refractivity contribution is 7.80. The third-order valence-electron chi connectivity index (χ3n) is 7.57. The number of nitrogens with one attached hydrogen (secondary N) is 3. The average Bonchev–Trinajstić information content (AvgIpc) is 3.51. The van der Waals surface area contributed by atoms with Crippen LogP contribution >= 0.6 is 23.6 Å². The summed E-state index contributed by atoms with van der Waals surface area (Å²) in [6.45, 7) is 6.05. The highest BCUT2D eigenvalue weighted by Crippen LogP contribution is 2.24. The van der Waals surface area contributed by atoms with E-state index in [0.717, 1.165) is 69.2 Å². The lowest BCUT2D eigenvalue weighted by atomic mass is 10.0. The van der Waals surface area contributed by atoms with Gasteiger partial charge in [0.05, 0.1) is 11.7 Å². The summed E-state index contributed by atoms with van der Waals surface area (Å²) >= 11 is 7.53. The summed E-state index contributed by atoms with van der Waals surface area (Å²) in [6.07, 6.45) is 10.8. The molecule has 44 heavy (non-hydrogen) atoms. The fourth-order valence-corrected chi connectivity index (χ4v) is 6.04. The second-order valence-corrected chi connectivity index (χ2v) is 12.6. The highest BCUT2D eigenvalue weighted by atomic mass is 32.1. The molecular formula is C35H50N4O3S2. The molecule has 1 atom stereocenters. The molecule has 0 fully saturated rings. The number of alkyl carbamates (subject to hydrolysis) is 1. The second kappa shape index (κ2) is 20.7. The van der Waals surface area contributed by atoms with E-state index in [4.69, 9.17) is 17.0 Å². The van der Waals surface area contributed by atoms with E-state index in [0.29, 0.717) is 24.5 Å².